The lowest BCUT2D eigenvalue weighted by Gasteiger charge is -2.39. The minimum atomic E-state index is -0.107. The highest BCUT2D eigenvalue weighted by atomic mass is 16.7. The lowest BCUT2D eigenvalue weighted by Crippen LogP contribution is -2.39. The Bertz CT molecular complexity index is 610. The minimum absolute atomic E-state index is 0.00485. The molecular weight excluding hydrogens is 420 g/mol. The molecule has 4 aliphatic rings. The molecule has 0 aromatic carbocycles. The second-order valence-electron chi connectivity index (χ2n) is 11.4. The van der Waals surface area contributed by atoms with Crippen molar-refractivity contribution in [1.82, 2.24) is 0 Å². The highest BCUT2D eigenvalue weighted by molar-refractivity contribution is 5.72. The maximum absolute atomic E-state index is 12.0. The van der Waals surface area contributed by atoms with E-state index in [2.05, 4.69) is 20.8 Å². The first kappa shape index (κ1) is 25.4. The van der Waals surface area contributed by atoms with Gasteiger partial charge >= 0.3 is 5.97 Å². The molecule has 0 aromatic heterocycles. The Kier molecular flexibility index (Phi) is 9.11. The van der Waals surface area contributed by atoms with Crippen LogP contribution in [0.4, 0.5) is 0 Å². The monoisotopic (exact) mass is 466 g/mol. The van der Waals surface area contributed by atoms with E-state index in [0.29, 0.717) is 12.3 Å². The molecule has 1 saturated carbocycles. The van der Waals surface area contributed by atoms with Crippen LogP contribution in [0.25, 0.3) is 0 Å². The van der Waals surface area contributed by atoms with Gasteiger partial charge in [-0.05, 0) is 69.1 Å². The summed E-state index contributed by atoms with van der Waals surface area (Å²) in [6.07, 6.45) is 13.4. The van der Waals surface area contributed by atoms with Gasteiger partial charge in [-0.25, -0.2) is 0 Å². The Morgan fingerprint density at radius 3 is 2.45 bits per heavy atom. The first-order chi connectivity index (χ1) is 16.0. The topological polar surface area (TPSA) is 63.2 Å². The molecule has 4 unspecified atom stereocenters. The average Bonchev–Trinajstić information content (AvgIpc) is 3.32. The Morgan fingerprint density at radius 2 is 1.79 bits per heavy atom. The standard InChI is InChI=1S/C27H46O6/c1-4-5-14-27(2,3)23(33-26-11-7-9-16-30-26)13-12-19-20-17-24(28)31-22(20)18-21(19)32-25-10-6-8-15-29-25/h19-23,25-26H,4-18H2,1-3H3/t19?,20-,21?,22-,23-,25?,26?/m1/s1. The molecule has 4 fully saturated rings. The van der Waals surface area contributed by atoms with Gasteiger partial charge in [0.25, 0.3) is 0 Å². The molecule has 0 N–H and O–H groups in total. The van der Waals surface area contributed by atoms with Gasteiger partial charge in [0.05, 0.1) is 18.6 Å². The van der Waals surface area contributed by atoms with Gasteiger partial charge in [0.1, 0.15) is 6.10 Å². The number of hydrogen-bond acceptors (Lipinski definition) is 6. The summed E-state index contributed by atoms with van der Waals surface area (Å²) in [5.74, 6) is 0.526. The van der Waals surface area contributed by atoms with Gasteiger partial charge in [0.2, 0.25) is 0 Å². The average molecular weight is 467 g/mol. The number of carbonyl (C=O) groups is 1. The Balaban J connectivity index is 1.42. The molecule has 1 aliphatic carbocycles. The molecule has 0 spiro atoms. The van der Waals surface area contributed by atoms with Crippen LogP contribution in [-0.2, 0) is 28.5 Å². The van der Waals surface area contributed by atoms with E-state index in [9.17, 15) is 4.79 Å². The zero-order valence-electron chi connectivity index (χ0n) is 21.1. The van der Waals surface area contributed by atoms with Crippen LogP contribution in [0.5, 0.6) is 0 Å². The molecule has 3 saturated heterocycles. The molecule has 6 nitrogen and oxygen atoms in total. The van der Waals surface area contributed by atoms with Gasteiger partial charge in [0.15, 0.2) is 12.6 Å². The molecule has 33 heavy (non-hydrogen) atoms. The highest BCUT2D eigenvalue weighted by Crippen LogP contribution is 2.47. The molecule has 0 amide bonds. The normalized spacial score (nSPS) is 35.9. The number of ether oxygens (including phenoxy) is 5. The van der Waals surface area contributed by atoms with E-state index in [-0.39, 0.29) is 48.2 Å². The molecule has 6 heteroatoms. The van der Waals surface area contributed by atoms with Crippen molar-refractivity contribution in [2.24, 2.45) is 17.3 Å². The third kappa shape index (κ3) is 6.71. The first-order valence-corrected chi connectivity index (χ1v) is 13.7. The van der Waals surface area contributed by atoms with E-state index in [0.717, 1.165) is 71.0 Å². The maximum Gasteiger partial charge on any atom is 0.306 e. The largest absolute Gasteiger partial charge is 0.462 e. The third-order valence-corrected chi connectivity index (χ3v) is 8.38. The first-order valence-electron chi connectivity index (χ1n) is 13.7. The highest BCUT2D eigenvalue weighted by Gasteiger charge is 2.51. The fourth-order valence-corrected chi connectivity index (χ4v) is 6.31. The molecule has 7 atom stereocenters. The number of fused-ring (bicyclic) bond motifs is 1. The molecule has 0 bridgehead atoms. The summed E-state index contributed by atoms with van der Waals surface area (Å²) in [5.41, 5.74) is 0.0830. The quantitative estimate of drug-likeness (QED) is 0.361. The van der Waals surface area contributed by atoms with Crippen LogP contribution in [0.3, 0.4) is 0 Å². The van der Waals surface area contributed by atoms with Crippen molar-refractivity contribution in [3.8, 4) is 0 Å². The van der Waals surface area contributed by atoms with Crippen molar-refractivity contribution in [3.05, 3.63) is 0 Å². The number of rotatable bonds is 11. The Morgan fingerprint density at radius 1 is 1.06 bits per heavy atom. The summed E-state index contributed by atoms with van der Waals surface area (Å²) in [5, 5.41) is 0. The molecule has 0 aromatic rings. The van der Waals surface area contributed by atoms with E-state index < -0.39 is 0 Å². The molecular formula is C27H46O6. The number of esters is 1. The minimum Gasteiger partial charge on any atom is -0.462 e. The van der Waals surface area contributed by atoms with Gasteiger partial charge in [-0.2, -0.15) is 0 Å². The van der Waals surface area contributed by atoms with Crippen LogP contribution in [0, 0.1) is 17.3 Å². The van der Waals surface area contributed by atoms with Crippen molar-refractivity contribution >= 4 is 5.97 Å². The van der Waals surface area contributed by atoms with E-state index in [1.807, 2.05) is 0 Å². The summed E-state index contributed by atoms with van der Waals surface area (Å²) in [6, 6.07) is 0. The summed E-state index contributed by atoms with van der Waals surface area (Å²) < 4.78 is 30.6. The van der Waals surface area contributed by atoms with Crippen molar-refractivity contribution < 1.29 is 28.5 Å². The van der Waals surface area contributed by atoms with Crippen molar-refractivity contribution in [2.45, 2.75) is 135 Å². The summed E-state index contributed by atoms with van der Waals surface area (Å²) in [7, 11) is 0. The molecule has 0 radical (unpaired) electrons. The fourth-order valence-electron chi connectivity index (χ4n) is 6.31. The van der Waals surface area contributed by atoms with Crippen LogP contribution in [0.15, 0.2) is 0 Å². The number of carbonyl (C=O) groups excluding carboxylic acids is 1. The van der Waals surface area contributed by atoms with Gasteiger partial charge in [-0.3, -0.25) is 4.79 Å². The predicted molar refractivity (Wildman–Crippen MR) is 126 cm³/mol. The van der Waals surface area contributed by atoms with Crippen LogP contribution in [0.1, 0.15) is 104 Å². The third-order valence-electron chi connectivity index (χ3n) is 8.38. The van der Waals surface area contributed by atoms with Crippen LogP contribution < -0.4 is 0 Å². The second kappa shape index (κ2) is 11.8. The Labute approximate surface area is 200 Å². The predicted octanol–water partition coefficient (Wildman–Crippen LogP) is 5.76. The van der Waals surface area contributed by atoms with Gasteiger partial charge in [0, 0.05) is 25.6 Å². The fraction of sp³-hybridized carbons (Fsp3) is 0.963. The van der Waals surface area contributed by atoms with Crippen LogP contribution in [0.2, 0.25) is 0 Å². The number of unbranched alkanes of at least 4 members (excludes halogenated alkanes) is 1. The molecule has 190 valence electrons. The second-order valence-corrected chi connectivity index (χ2v) is 11.4. The van der Waals surface area contributed by atoms with Gasteiger partial charge in [-0.15, -0.1) is 0 Å². The van der Waals surface area contributed by atoms with Gasteiger partial charge in [-0.1, -0.05) is 33.6 Å². The SMILES string of the molecule is CCCCC(C)(C)[C@@H](CCC1C(OC2CCCCO2)C[C@H]2OC(=O)C[C@H]12)OC1CCCCO1. The van der Waals surface area contributed by atoms with Crippen LogP contribution >= 0.6 is 0 Å². The molecule has 3 aliphatic heterocycles. The zero-order valence-corrected chi connectivity index (χ0v) is 21.1. The lowest BCUT2D eigenvalue weighted by atomic mass is 9.77. The lowest BCUT2D eigenvalue weighted by molar-refractivity contribution is -0.215. The van der Waals surface area contributed by atoms with Crippen molar-refractivity contribution in [3.63, 3.8) is 0 Å². The van der Waals surface area contributed by atoms with E-state index >= 15 is 0 Å². The maximum atomic E-state index is 12.0. The smallest absolute Gasteiger partial charge is 0.306 e. The summed E-state index contributed by atoms with van der Waals surface area (Å²) in [4.78, 5) is 12.0. The van der Waals surface area contributed by atoms with Crippen LogP contribution in [-0.4, -0.2) is 50.1 Å². The Hall–Kier alpha value is -0.690. The summed E-state index contributed by atoms with van der Waals surface area (Å²) in [6.45, 7) is 8.53. The van der Waals surface area contributed by atoms with E-state index in [1.165, 1.54) is 19.3 Å². The van der Waals surface area contributed by atoms with E-state index in [1.54, 1.807) is 0 Å². The number of hydrogen-bond donors (Lipinski definition) is 0. The van der Waals surface area contributed by atoms with E-state index in [4.69, 9.17) is 23.7 Å². The molecule has 3 heterocycles. The van der Waals surface area contributed by atoms with Gasteiger partial charge < -0.3 is 23.7 Å². The van der Waals surface area contributed by atoms with Crippen molar-refractivity contribution in [1.29, 1.82) is 0 Å². The van der Waals surface area contributed by atoms with Crippen molar-refractivity contribution in [2.75, 3.05) is 13.2 Å². The zero-order chi connectivity index (χ0) is 23.3. The summed E-state index contributed by atoms with van der Waals surface area (Å²) >= 11 is 0. The molecule has 4 rings (SSSR count).